The number of carbonyl (C=O) groups excluding carboxylic acids is 2. The summed E-state index contributed by atoms with van der Waals surface area (Å²) in [7, 11) is 1.61. The van der Waals surface area contributed by atoms with Crippen molar-refractivity contribution in [2.75, 3.05) is 13.6 Å². The Hall–Kier alpha value is -2.83. The van der Waals surface area contributed by atoms with Crippen LogP contribution in [-0.4, -0.2) is 51.9 Å². The Morgan fingerprint density at radius 2 is 2.13 bits per heavy atom. The normalized spacial score (nSPS) is 23.1. The maximum Gasteiger partial charge on any atom is 0.268 e. The molecule has 2 aromatic rings. The van der Waals surface area contributed by atoms with Crippen molar-refractivity contribution in [2.24, 2.45) is 5.73 Å². The molecule has 0 unspecified atom stereocenters. The highest BCUT2D eigenvalue weighted by Crippen LogP contribution is 2.51. The first-order chi connectivity index (χ1) is 14.1. The Morgan fingerprint density at radius 1 is 1.40 bits per heavy atom. The first-order valence-corrected chi connectivity index (χ1v) is 10.2. The Labute approximate surface area is 175 Å². The summed E-state index contributed by atoms with van der Waals surface area (Å²) in [5, 5.41) is 10.9. The van der Waals surface area contributed by atoms with E-state index in [4.69, 9.17) is 5.73 Å². The smallest absolute Gasteiger partial charge is 0.268 e. The number of primary amides is 1. The summed E-state index contributed by atoms with van der Waals surface area (Å²) in [4.78, 5) is 30.0. The summed E-state index contributed by atoms with van der Waals surface area (Å²) in [5.74, 6) is 1.15. The molecular formula is C21H19F2N3O3S. The number of rotatable bonds is 3. The second-order valence-corrected chi connectivity index (χ2v) is 8.76. The van der Waals surface area contributed by atoms with Crippen LogP contribution in [0.15, 0.2) is 24.3 Å². The lowest BCUT2D eigenvalue weighted by atomic mass is 9.80. The van der Waals surface area contributed by atoms with Crippen LogP contribution >= 0.6 is 11.3 Å². The fraction of sp³-hybridized carbons (Fsp3) is 0.381. The maximum absolute atomic E-state index is 13.3. The van der Waals surface area contributed by atoms with Crippen LogP contribution in [0.3, 0.4) is 0 Å². The number of aromatic nitrogens is 1. The van der Waals surface area contributed by atoms with Crippen LogP contribution in [0.2, 0.25) is 0 Å². The molecule has 1 aliphatic heterocycles. The van der Waals surface area contributed by atoms with Gasteiger partial charge in [0.05, 0.1) is 0 Å². The van der Waals surface area contributed by atoms with E-state index in [1.165, 1.54) is 16.2 Å². The van der Waals surface area contributed by atoms with Crippen molar-refractivity contribution in [3.8, 4) is 22.4 Å². The Balaban J connectivity index is 1.63. The minimum atomic E-state index is -2.72. The van der Waals surface area contributed by atoms with Gasteiger partial charge in [-0.2, -0.15) is 0 Å². The zero-order chi connectivity index (χ0) is 21.7. The molecule has 1 saturated carbocycles. The third-order valence-corrected chi connectivity index (χ3v) is 6.65. The molecule has 30 heavy (non-hydrogen) atoms. The minimum Gasteiger partial charge on any atom is -0.369 e. The van der Waals surface area contributed by atoms with Gasteiger partial charge in [0, 0.05) is 54.8 Å². The molecule has 3 N–H and O–H groups in total. The van der Waals surface area contributed by atoms with Crippen molar-refractivity contribution < 1.29 is 23.5 Å². The highest BCUT2D eigenvalue weighted by Gasteiger charge is 2.48. The number of halogens is 2. The lowest BCUT2D eigenvalue weighted by molar-refractivity contribution is -0.137. The number of carbonyl (C=O) groups is 2. The van der Waals surface area contributed by atoms with Crippen molar-refractivity contribution in [1.82, 2.24) is 9.88 Å². The molecular weight excluding hydrogens is 412 g/mol. The summed E-state index contributed by atoms with van der Waals surface area (Å²) in [6.45, 7) is 0.433. The zero-order valence-electron chi connectivity index (χ0n) is 16.1. The van der Waals surface area contributed by atoms with E-state index in [2.05, 4.69) is 16.8 Å². The standard InChI is InChI=1S/C21H19F2N3O3S/c1-26-8-7-20(29,19(26)28)6-5-12-3-2-4-13(9-12)18-25-15(17(24)27)16(30-18)14-10-21(22,23)11-14/h2-4,9,14,29H,7-8,10-11H2,1H3,(H2,24,27)/t20-/m0/s1. The molecule has 156 valence electrons. The summed E-state index contributed by atoms with van der Waals surface area (Å²) in [6, 6.07) is 6.92. The number of hydrogen-bond acceptors (Lipinski definition) is 5. The van der Waals surface area contributed by atoms with Crippen LogP contribution in [-0.2, 0) is 4.79 Å². The van der Waals surface area contributed by atoms with Gasteiger partial charge in [0.15, 0.2) is 0 Å². The quantitative estimate of drug-likeness (QED) is 0.730. The topological polar surface area (TPSA) is 96.5 Å². The van der Waals surface area contributed by atoms with Gasteiger partial charge >= 0.3 is 0 Å². The lowest BCUT2D eigenvalue weighted by Gasteiger charge is -2.34. The van der Waals surface area contributed by atoms with E-state index in [1.807, 2.05) is 0 Å². The third-order valence-electron chi connectivity index (χ3n) is 5.38. The zero-order valence-corrected chi connectivity index (χ0v) is 16.9. The third kappa shape index (κ3) is 3.68. The Morgan fingerprint density at radius 3 is 2.73 bits per heavy atom. The predicted octanol–water partition coefficient (Wildman–Crippen LogP) is 2.37. The van der Waals surface area contributed by atoms with Crippen LogP contribution in [0.5, 0.6) is 0 Å². The molecule has 0 bridgehead atoms. The van der Waals surface area contributed by atoms with Gasteiger partial charge in [0.1, 0.15) is 10.7 Å². The van der Waals surface area contributed by atoms with Crippen molar-refractivity contribution in [1.29, 1.82) is 0 Å². The largest absolute Gasteiger partial charge is 0.369 e. The number of thiazole rings is 1. The number of hydrogen-bond donors (Lipinski definition) is 2. The van der Waals surface area contributed by atoms with Crippen LogP contribution in [0.4, 0.5) is 8.78 Å². The van der Waals surface area contributed by atoms with Crippen LogP contribution < -0.4 is 5.73 Å². The van der Waals surface area contributed by atoms with E-state index in [1.54, 1.807) is 31.3 Å². The monoisotopic (exact) mass is 431 g/mol. The molecule has 2 fully saturated rings. The fourth-order valence-corrected chi connectivity index (χ4v) is 4.80. The molecule has 2 heterocycles. The minimum absolute atomic E-state index is 0.0286. The molecule has 9 heteroatoms. The number of benzene rings is 1. The second-order valence-electron chi connectivity index (χ2n) is 7.73. The van der Waals surface area contributed by atoms with E-state index < -0.39 is 29.3 Å². The van der Waals surface area contributed by atoms with Crippen molar-refractivity contribution in [2.45, 2.75) is 36.7 Å². The molecule has 1 aliphatic carbocycles. The summed E-state index contributed by atoms with van der Waals surface area (Å²) in [5.41, 5.74) is 4.93. The predicted molar refractivity (Wildman–Crippen MR) is 107 cm³/mol. The molecule has 2 amide bonds. The fourth-order valence-electron chi connectivity index (χ4n) is 3.63. The summed E-state index contributed by atoms with van der Waals surface area (Å²) in [6.07, 6.45) is -0.401. The van der Waals surface area contributed by atoms with Crippen LogP contribution in [0.1, 0.15) is 46.1 Å². The van der Waals surface area contributed by atoms with Gasteiger partial charge in [-0.15, -0.1) is 11.3 Å². The van der Waals surface area contributed by atoms with Gasteiger partial charge in [-0.1, -0.05) is 24.0 Å². The van der Waals surface area contributed by atoms with Crippen LogP contribution in [0, 0.1) is 11.8 Å². The summed E-state index contributed by atoms with van der Waals surface area (Å²) < 4.78 is 26.6. The van der Waals surface area contributed by atoms with Crippen molar-refractivity contribution in [3.05, 3.63) is 40.4 Å². The number of likely N-dealkylation sites (tertiary alicyclic amines) is 1. The number of nitrogens with two attached hydrogens (primary N) is 1. The van der Waals surface area contributed by atoms with E-state index >= 15 is 0 Å². The number of nitrogens with zero attached hydrogens (tertiary/aromatic N) is 2. The first-order valence-electron chi connectivity index (χ1n) is 9.38. The van der Waals surface area contributed by atoms with Gasteiger partial charge in [-0.05, 0) is 12.1 Å². The van der Waals surface area contributed by atoms with Gasteiger partial charge in [-0.3, -0.25) is 9.59 Å². The summed E-state index contributed by atoms with van der Waals surface area (Å²) >= 11 is 1.17. The molecule has 1 saturated heterocycles. The van der Waals surface area contributed by atoms with E-state index in [-0.39, 0.29) is 25.0 Å². The number of amides is 2. The van der Waals surface area contributed by atoms with Gasteiger partial charge in [-0.25, -0.2) is 13.8 Å². The second kappa shape index (κ2) is 7.15. The lowest BCUT2D eigenvalue weighted by Crippen LogP contribution is -2.37. The van der Waals surface area contributed by atoms with Gasteiger partial charge < -0.3 is 15.7 Å². The number of aliphatic hydroxyl groups is 1. The Kier molecular flexibility index (Phi) is 4.87. The molecule has 1 atom stereocenters. The van der Waals surface area contributed by atoms with Crippen molar-refractivity contribution in [3.63, 3.8) is 0 Å². The molecule has 1 aromatic carbocycles. The van der Waals surface area contributed by atoms with E-state index in [9.17, 15) is 23.5 Å². The molecule has 0 radical (unpaired) electrons. The average Bonchev–Trinajstić information content (AvgIpc) is 3.23. The highest BCUT2D eigenvalue weighted by molar-refractivity contribution is 7.15. The van der Waals surface area contributed by atoms with E-state index in [0.29, 0.717) is 27.6 Å². The molecule has 0 spiro atoms. The molecule has 4 rings (SSSR count). The van der Waals surface area contributed by atoms with E-state index in [0.717, 1.165) is 0 Å². The molecule has 6 nitrogen and oxygen atoms in total. The average molecular weight is 431 g/mol. The highest BCUT2D eigenvalue weighted by atomic mass is 32.1. The van der Waals surface area contributed by atoms with Gasteiger partial charge in [0.2, 0.25) is 11.5 Å². The van der Waals surface area contributed by atoms with Gasteiger partial charge in [0.25, 0.3) is 11.8 Å². The first kappa shape index (κ1) is 20.4. The van der Waals surface area contributed by atoms with Crippen LogP contribution in [0.25, 0.3) is 10.6 Å². The molecule has 2 aliphatic rings. The SMILES string of the molecule is CN1CC[C@@](O)(C#Cc2cccc(-c3nc(C(N)=O)c(C4CC(F)(F)C4)s3)c2)C1=O. The number of likely N-dealkylation sites (N-methyl/N-ethyl adjacent to an activating group) is 1. The maximum atomic E-state index is 13.3. The number of alkyl halides is 2. The molecule has 1 aromatic heterocycles. The van der Waals surface area contributed by atoms with Crippen molar-refractivity contribution >= 4 is 23.2 Å². The Bertz CT molecular complexity index is 1100.